The summed E-state index contributed by atoms with van der Waals surface area (Å²) in [6.45, 7) is 1.78. The van der Waals surface area contributed by atoms with Crippen molar-refractivity contribution in [1.29, 1.82) is 0 Å². The first kappa shape index (κ1) is 19.3. The van der Waals surface area contributed by atoms with Crippen LogP contribution >= 0.6 is 23.2 Å². The molecule has 3 rings (SSSR count). The summed E-state index contributed by atoms with van der Waals surface area (Å²) in [4.78, 5) is 12.2. The van der Waals surface area contributed by atoms with Crippen molar-refractivity contribution in [3.8, 4) is 16.9 Å². The number of benzene rings is 3. The molecule has 1 atom stereocenters. The summed E-state index contributed by atoms with van der Waals surface area (Å²) in [5, 5.41) is 3.98. The minimum absolute atomic E-state index is 0.116. The maximum Gasteiger partial charge on any atom is 0.258 e. The van der Waals surface area contributed by atoms with Crippen molar-refractivity contribution in [1.82, 2.24) is 5.32 Å². The largest absolute Gasteiger partial charge is 0.482 e. The summed E-state index contributed by atoms with van der Waals surface area (Å²) in [6.07, 6.45) is 0. The lowest BCUT2D eigenvalue weighted by Gasteiger charge is -2.15. The molecule has 0 saturated carbocycles. The lowest BCUT2D eigenvalue weighted by molar-refractivity contribution is -0.123. The van der Waals surface area contributed by atoms with Crippen LogP contribution in [0, 0.1) is 0 Å². The summed E-state index contributed by atoms with van der Waals surface area (Å²) < 4.78 is 5.58. The lowest BCUT2D eigenvalue weighted by Crippen LogP contribution is -2.31. The Morgan fingerprint density at radius 2 is 1.74 bits per heavy atom. The molecular weight excluding hydrogens is 381 g/mol. The van der Waals surface area contributed by atoms with Gasteiger partial charge in [0.1, 0.15) is 5.75 Å². The minimum atomic E-state index is -0.231. The molecule has 0 aromatic heterocycles. The Kier molecular flexibility index (Phi) is 6.38. The van der Waals surface area contributed by atoms with Gasteiger partial charge < -0.3 is 10.1 Å². The molecule has 0 radical (unpaired) electrons. The third kappa shape index (κ3) is 5.25. The molecule has 0 aliphatic rings. The Morgan fingerprint density at radius 3 is 2.44 bits per heavy atom. The first-order valence-corrected chi connectivity index (χ1v) is 9.31. The zero-order chi connectivity index (χ0) is 19.2. The molecule has 0 bridgehead atoms. The molecule has 3 aromatic carbocycles. The van der Waals surface area contributed by atoms with E-state index < -0.39 is 0 Å². The number of halogens is 2. The zero-order valence-corrected chi connectivity index (χ0v) is 16.3. The van der Waals surface area contributed by atoms with Crippen LogP contribution in [0.1, 0.15) is 18.5 Å². The molecule has 3 nitrogen and oxygen atoms in total. The fourth-order valence-corrected chi connectivity index (χ4v) is 3.15. The molecule has 1 N–H and O–H groups in total. The molecule has 1 amide bonds. The second-order valence-corrected chi connectivity index (χ2v) is 6.99. The van der Waals surface area contributed by atoms with Gasteiger partial charge in [0.05, 0.1) is 11.1 Å². The van der Waals surface area contributed by atoms with E-state index in [1.807, 2.05) is 67.6 Å². The van der Waals surface area contributed by atoms with Gasteiger partial charge in [-0.25, -0.2) is 0 Å². The van der Waals surface area contributed by atoms with Gasteiger partial charge in [-0.1, -0.05) is 71.7 Å². The Bertz CT molecular complexity index is 929. The molecule has 0 spiro atoms. The van der Waals surface area contributed by atoms with Crippen molar-refractivity contribution in [2.24, 2.45) is 0 Å². The molecule has 5 heteroatoms. The van der Waals surface area contributed by atoms with Crippen LogP contribution in [0.2, 0.25) is 10.0 Å². The number of carbonyl (C=O) groups excluding carboxylic acids is 1. The molecular formula is C22H19Cl2NO2. The van der Waals surface area contributed by atoms with Gasteiger partial charge >= 0.3 is 0 Å². The number of hydrogen-bond donors (Lipinski definition) is 1. The highest BCUT2D eigenvalue weighted by Crippen LogP contribution is 2.30. The molecule has 138 valence electrons. The average molecular weight is 400 g/mol. The third-order valence-corrected chi connectivity index (χ3v) is 4.65. The Balaban J connectivity index is 1.59. The first-order chi connectivity index (χ1) is 13.0. The molecule has 0 aliphatic heterocycles. The molecule has 3 aromatic rings. The van der Waals surface area contributed by atoms with E-state index in [-0.39, 0.29) is 18.6 Å². The fourth-order valence-electron chi connectivity index (χ4n) is 2.71. The molecule has 0 aliphatic carbocycles. The monoisotopic (exact) mass is 399 g/mol. The van der Waals surface area contributed by atoms with E-state index in [0.29, 0.717) is 15.8 Å². The molecule has 0 unspecified atom stereocenters. The normalized spacial score (nSPS) is 11.7. The van der Waals surface area contributed by atoms with E-state index in [2.05, 4.69) is 5.32 Å². The van der Waals surface area contributed by atoms with Gasteiger partial charge in [-0.15, -0.1) is 0 Å². The van der Waals surface area contributed by atoms with Gasteiger partial charge in [0.2, 0.25) is 0 Å². The molecule has 0 heterocycles. The van der Waals surface area contributed by atoms with Crippen LogP contribution in [0.5, 0.6) is 5.75 Å². The number of rotatable bonds is 6. The number of carbonyl (C=O) groups is 1. The minimum Gasteiger partial charge on any atom is -0.482 e. The van der Waals surface area contributed by atoms with Gasteiger partial charge in [-0.3, -0.25) is 4.79 Å². The number of nitrogens with one attached hydrogen (secondary N) is 1. The van der Waals surface area contributed by atoms with Crippen molar-refractivity contribution in [2.75, 3.05) is 6.61 Å². The summed E-state index contributed by atoms with van der Waals surface area (Å²) >= 11 is 12.3. The van der Waals surface area contributed by atoms with Gasteiger partial charge in [0.15, 0.2) is 6.61 Å². The third-order valence-electron chi connectivity index (χ3n) is 4.12. The molecule has 27 heavy (non-hydrogen) atoms. The van der Waals surface area contributed by atoms with Crippen LogP contribution in [0.3, 0.4) is 0 Å². The Hall–Kier alpha value is -2.49. The Morgan fingerprint density at radius 1 is 0.963 bits per heavy atom. The quantitative estimate of drug-likeness (QED) is 0.558. The average Bonchev–Trinajstić information content (AvgIpc) is 2.67. The van der Waals surface area contributed by atoms with Crippen LogP contribution in [0.4, 0.5) is 0 Å². The number of hydrogen-bond acceptors (Lipinski definition) is 2. The van der Waals surface area contributed by atoms with E-state index >= 15 is 0 Å². The highest BCUT2D eigenvalue weighted by Gasteiger charge is 2.12. The number of amides is 1. The standard InChI is InChI=1S/C22H19Cl2NO2/c1-15(17-8-5-9-19(23)12-17)25-22(26)14-27-21-11-10-18(13-20(21)24)16-6-3-2-4-7-16/h2-13,15H,14H2,1H3,(H,25,26)/t15-/m1/s1. The summed E-state index contributed by atoms with van der Waals surface area (Å²) in [5.74, 6) is 0.243. The second kappa shape index (κ2) is 8.94. The highest BCUT2D eigenvalue weighted by atomic mass is 35.5. The molecule has 0 fully saturated rings. The van der Waals surface area contributed by atoms with Crippen LogP contribution < -0.4 is 10.1 Å². The van der Waals surface area contributed by atoms with E-state index in [4.69, 9.17) is 27.9 Å². The van der Waals surface area contributed by atoms with E-state index in [9.17, 15) is 4.79 Å². The van der Waals surface area contributed by atoms with Gasteiger partial charge in [-0.2, -0.15) is 0 Å². The SMILES string of the molecule is C[C@@H](NC(=O)COc1ccc(-c2ccccc2)cc1Cl)c1cccc(Cl)c1. The van der Waals surface area contributed by atoms with Crippen LogP contribution in [-0.4, -0.2) is 12.5 Å². The van der Waals surface area contributed by atoms with Gasteiger partial charge in [-0.05, 0) is 47.9 Å². The van der Waals surface area contributed by atoms with Gasteiger partial charge in [0, 0.05) is 5.02 Å². The van der Waals surface area contributed by atoms with Crippen molar-refractivity contribution < 1.29 is 9.53 Å². The molecule has 0 saturated heterocycles. The number of ether oxygens (including phenoxy) is 1. The lowest BCUT2D eigenvalue weighted by atomic mass is 10.1. The smallest absolute Gasteiger partial charge is 0.258 e. The maximum atomic E-state index is 12.2. The van der Waals surface area contributed by atoms with E-state index in [1.54, 1.807) is 12.1 Å². The maximum absolute atomic E-state index is 12.2. The van der Waals surface area contributed by atoms with Crippen LogP contribution in [-0.2, 0) is 4.79 Å². The van der Waals surface area contributed by atoms with Crippen LogP contribution in [0.25, 0.3) is 11.1 Å². The van der Waals surface area contributed by atoms with Crippen molar-refractivity contribution in [3.63, 3.8) is 0 Å². The fraction of sp³-hybridized carbons (Fsp3) is 0.136. The van der Waals surface area contributed by atoms with E-state index in [1.165, 1.54) is 0 Å². The second-order valence-electron chi connectivity index (χ2n) is 6.14. The summed E-state index contributed by atoms with van der Waals surface area (Å²) in [5.41, 5.74) is 2.99. The van der Waals surface area contributed by atoms with Crippen molar-refractivity contribution in [3.05, 3.63) is 88.4 Å². The van der Waals surface area contributed by atoms with Crippen molar-refractivity contribution >= 4 is 29.1 Å². The van der Waals surface area contributed by atoms with Crippen LogP contribution in [0.15, 0.2) is 72.8 Å². The Labute approximate surface area is 168 Å². The van der Waals surface area contributed by atoms with Crippen molar-refractivity contribution in [2.45, 2.75) is 13.0 Å². The van der Waals surface area contributed by atoms with Gasteiger partial charge in [0.25, 0.3) is 5.91 Å². The first-order valence-electron chi connectivity index (χ1n) is 8.55. The topological polar surface area (TPSA) is 38.3 Å². The zero-order valence-electron chi connectivity index (χ0n) is 14.8. The summed E-state index contributed by atoms with van der Waals surface area (Å²) in [7, 11) is 0. The predicted molar refractivity (Wildman–Crippen MR) is 110 cm³/mol. The van der Waals surface area contributed by atoms with E-state index in [0.717, 1.165) is 16.7 Å². The summed E-state index contributed by atoms with van der Waals surface area (Å²) in [6, 6.07) is 22.7. The highest BCUT2D eigenvalue weighted by molar-refractivity contribution is 6.32. The predicted octanol–water partition coefficient (Wildman–Crippen LogP) is 5.92.